The topological polar surface area (TPSA) is 57.6 Å². The first-order valence-electron chi connectivity index (χ1n) is 6.75. The maximum absolute atomic E-state index is 12.5. The number of aliphatic carboxylic acids is 1. The third kappa shape index (κ3) is 3.90. The van der Waals surface area contributed by atoms with Gasteiger partial charge >= 0.3 is 5.97 Å². The molecule has 0 aliphatic heterocycles. The summed E-state index contributed by atoms with van der Waals surface area (Å²) < 4.78 is 0. The van der Waals surface area contributed by atoms with Gasteiger partial charge in [-0.2, -0.15) is 0 Å². The zero-order valence-electron chi connectivity index (χ0n) is 12.4. The van der Waals surface area contributed by atoms with E-state index < -0.39 is 12.0 Å². The number of carbonyl (C=O) groups is 2. The number of thioether (sulfide) groups is 1. The van der Waals surface area contributed by atoms with Gasteiger partial charge in [-0.1, -0.05) is 18.2 Å². The van der Waals surface area contributed by atoms with Crippen LogP contribution in [0.1, 0.15) is 22.2 Å². The summed E-state index contributed by atoms with van der Waals surface area (Å²) in [7, 11) is 1.52. The van der Waals surface area contributed by atoms with E-state index in [1.165, 1.54) is 23.7 Å². The van der Waals surface area contributed by atoms with Crippen LogP contribution in [0.25, 0.3) is 0 Å². The van der Waals surface area contributed by atoms with Crippen LogP contribution in [0.4, 0.5) is 0 Å². The number of rotatable bonds is 6. The molecular formula is C16H17NO3S2. The Bertz CT molecular complexity index is 655. The molecule has 1 amide bonds. The summed E-state index contributed by atoms with van der Waals surface area (Å²) in [4.78, 5) is 26.9. The van der Waals surface area contributed by atoms with Crippen molar-refractivity contribution in [1.82, 2.24) is 4.90 Å². The van der Waals surface area contributed by atoms with Crippen LogP contribution in [0.3, 0.4) is 0 Å². The second-order valence-corrected chi connectivity index (χ2v) is 6.84. The van der Waals surface area contributed by atoms with Crippen molar-refractivity contribution in [2.45, 2.75) is 23.6 Å². The molecular weight excluding hydrogens is 318 g/mol. The van der Waals surface area contributed by atoms with E-state index in [1.807, 2.05) is 23.6 Å². The molecule has 6 heteroatoms. The van der Waals surface area contributed by atoms with Crippen molar-refractivity contribution in [1.29, 1.82) is 0 Å². The molecule has 0 aliphatic carbocycles. The first-order chi connectivity index (χ1) is 10.5. The molecule has 1 N–H and O–H groups in total. The van der Waals surface area contributed by atoms with Gasteiger partial charge in [-0.05, 0) is 30.5 Å². The molecule has 0 saturated heterocycles. The lowest BCUT2D eigenvalue weighted by Gasteiger charge is -2.22. The van der Waals surface area contributed by atoms with Crippen LogP contribution in [-0.2, 0) is 10.5 Å². The van der Waals surface area contributed by atoms with Gasteiger partial charge in [-0.3, -0.25) is 4.79 Å². The van der Waals surface area contributed by atoms with E-state index >= 15 is 0 Å². The number of benzene rings is 1. The van der Waals surface area contributed by atoms with E-state index in [2.05, 4.69) is 6.07 Å². The first-order valence-corrected chi connectivity index (χ1v) is 8.61. The molecule has 0 radical (unpaired) electrons. The molecule has 0 fully saturated rings. The number of nitrogens with zero attached hydrogens (tertiary/aromatic N) is 1. The third-order valence-electron chi connectivity index (χ3n) is 3.33. The van der Waals surface area contributed by atoms with E-state index in [-0.39, 0.29) is 5.91 Å². The smallest absolute Gasteiger partial charge is 0.326 e. The Morgan fingerprint density at radius 2 is 2.00 bits per heavy atom. The lowest BCUT2D eigenvalue weighted by atomic mass is 10.2. The van der Waals surface area contributed by atoms with E-state index in [1.54, 1.807) is 35.2 Å². The molecule has 0 spiro atoms. The predicted octanol–water partition coefficient (Wildman–Crippen LogP) is 3.59. The molecule has 4 nitrogen and oxygen atoms in total. The molecule has 1 aromatic heterocycles. The van der Waals surface area contributed by atoms with Gasteiger partial charge in [0.1, 0.15) is 6.04 Å². The average molecular weight is 335 g/mol. The van der Waals surface area contributed by atoms with Gasteiger partial charge in [0.15, 0.2) is 0 Å². The van der Waals surface area contributed by atoms with E-state index in [9.17, 15) is 9.59 Å². The van der Waals surface area contributed by atoms with Gasteiger partial charge in [0.2, 0.25) is 0 Å². The zero-order valence-corrected chi connectivity index (χ0v) is 14.0. The minimum absolute atomic E-state index is 0.274. The molecule has 116 valence electrons. The van der Waals surface area contributed by atoms with Gasteiger partial charge in [-0.15, -0.1) is 23.1 Å². The minimum atomic E-state index is -1.01. The fraction of sp³-hybridized carbons (Fsp3) is 0.250. The van der Waals surface area contributed by atoms with Crippen LogP contribution < -0.4 is 0 Å². The fourth-order valence-electron chi connectivity index (χ4n) is 1.84. The molecule has 0 saturated carbocycles. The molecule has 1 heterocycles. The number of carboxylic acids is 1. The number of carboxylic acid groups (broad SMARTS) is 1. The van der Waals surface area contributed by atoms with Gasteiger partial charge in [-0.25, -0.2) is 4.79 Å². The SMILES string of the molecule is CC(C(=O)O)N(C)C(=O)c1ccccc1SCc1cccs1. The molecule has 2 aromatic rings. The summed E-state index contributed by atoms with van der Waals surface area (Å²) in [6.07, 6.45) is 0. The van der Waals surface area contributed by atoms with Crippen molar-refractivity contribution < 1.29 is 14.7 Å². The summed E-state index contributed by atoms with van der Waals surface area (Å²) in [5.74, 6) is -0.496. The Kier molecular flexibility index (Phi) is 5.63. The second kappa shape index (κ2) is 7.47. The van der Waals surface area contributed by atoms with Crippen molar-refractivity contribution in [3.63, 3.8) is 0 Å². The molecule has 22 heavy (non-hydrogen) atoms. The number of amides is 1. The Morgan fingerprint density at radius 3 is 2.64 bits per heavy atom. The second-order valence-electron chi connectivity index (χ2n) is 4.79. The van der Waals surface area contributed by atoms with Gasteiger partial charge in [0, 0.05) is 22.6 Å². The molecule has 0 aliphatic rings. The normalized spacial score (nSPS) is 11.9. The summed E-state index contributed by atoms with van der Waals surface area (Å²) in [5.41, 5.74) is 0.541. The lowest BCUT2D eigenvalue weighted by Crippen LogP contribution is -2.40. The van der Waals surface area contributed by atoms with Crippen LogP contribution in [0, 0.1) is 0 Å². The van der Waals surface area contributed by atoms with E-state index in [0.29, 0.717) is 5.56 Å². The Labute approximate surface area is 137 Å². The molecule has 1 unspecified atom stereocenters. The van der Waals surface area contributed by atoms with E-state index in [0.717, 1.165) is 10.6 Å². The van der Waals surface area contributed by atoms with Crippen LogP contribution in [0.5, 0.6) is 0 Å². The van der Waals surface area contributed by atoms with E-state index in [4.69, 9.17) is 5.11 Å². The highest BCUT2D eigenvalue weighted by Gasteiger charge is 2.24. The molecule has 2 rings (SSSR count). The fourth-order valence-corrected chi connectivity index (χ4v) is 3.66. The highest BCUT2D eigenvalue weighted by Crippen LogP contribution is 2.28. The Morgan fingerprint density at radius 1 is 1.27 bits per heavy atom. The number of likely N-dealkylation sites (N-methyl/N-ethyl adjacent to an activating group) is 1. The molecule has 1 aromatic carbocycles. The Balaban J connectivity index is 2.16. The summed E-state index contributed by atoms with van der Waals surface area (Å²) in [6, 6.07) is 10.5. The number of hydrogen-bond donors (Lipinski definition) is 1. The van der Waals surface area contributed by atoms with Crippen molar-refractivity contribution in [3.8, 4) is 0 Å². The molecule has 1 atom stereocenters. The third-order valence-corrected chi connectivity index (χ3v) is 5.51. The van der Waals surface area contributed by atoms with Crippen molar-refractivity contribution in [3.05, 3.63) is 52.2 Å². The number of hydrogen-bond acceptors (Lipinski definition) is 4. The summed E-state index contributed by atoms with van der Waals surface area (Å²) in [5, 5.41) is 11.1. The van der Waals surface area contributed by atoms with Gasteiger partial charge < -0.3 is 10.0 Å². The summed E-state index contributed by atoms with van der Waals surface area (Å²) in [6.45, 7) is 1.50. The van der Waals surface area contributed by atoms with Crippen LogP contribution in [0.15, 0.2) is 46.7 Å². The van der Waals surface area contributed by atoms with Crippen molar-refractivity contribution in [2.24, 2.45) is 0 Å². The molecule has 0 bridgehead atoms. The van der Waals surface area contributed by atoms with Crippen LogP contribution in [-0.4, -0.2) is 35.0 Å². The highest BCUT2D eigenvalue weighted by molar-refractivity contribution is 7.98. The standard InChI is InChI=1S/C16H17NO3S2/c1-11(16(19)20)17(2)15(18)13-7-3-4-8-14(13)22-10-12-6-5-9-21-12/h3-9,11H,10H2,1-2H3,(H,19,20). The monoisotopic (exact) mass is 335 g/mol. The maximum Gasteiger partial charge on any atom is 0.326 e. The van der Waals surface area contributed by atoms with Gasteiger partial charge in [0.05, 0.1) is 5.56 Å². The van der Waals surface area contributed by atoms with Gasteiger partial charge in [0.25, 0.3) is 5.91 Å². The van der Waals surface area contributed by atoms with Crippen molar-refractivity contribution >= 4 is 35.0 Å². The largest absolute Gasteiger partial charge is 0.480 e. The zero-order chi connectivity index (χ0) is 16.1. The van der Waals surface area contributed by atoms with Crippen LogP contribution >= 0.6 is 23.1 Å². The average Bonchev–Trinajstić information content (AvgIpc) is 3.04. The highest BCUT2D eigenvalue weighted by atomic mass is 32.2. The predicted molar refractivity (Wildman–Crippen MR) is 89.5 cm³/mol. The van der Waals surface area contributed by atoms with Crippen LogP contribution in [0.2, 0.25) is 0 Å². The number of thiophene rings is 1. The minimum Gasteiger partial charge on any atom is -0.480 e. The maximum atomic E-state index is 12.5. The summed E-state index contributed by atoms with van der Waals surface area (Å²) >= 11 is 3.26. The first kappa shape index (κ1) is 16.6. The lowest BCUT2D eigenvalue weighted by molar-refractivity contribution is -0.141. The Hall–Kier alpha value is -1.79. The number of carbonyl (C=O) groups excluding carboxylic acids is 1. The quantitative estimate of drug-likeness (QED) is 0.820. The van der Waals surface area contributed by atoms with Crippen molar-refractivity contribution in [2.75, 3.05) is 7.05 Å².